The molecule has 0 aliphatic carbocycles. The zero-order valence-corrected chi connectivity index (χ0v) is 16.6. The summed E-state index contributed by atoms with van der Waals surface area (Å²) in [6.45, 7) is 1.91. The summed E-state index contributed by atoms with van der Waals surface area (Å²) in [6.07, 6.45) is -3.09. The maximum Gasteiger partial charge on any atom is 0.573 e. The first-order valence-electron chi connectivity index (χ1n) is 9.27. The molecule has 0 fully saturated rings. The molecule has 2 aromatic heterocycles. The van der Waals surface area contributed by atoms with Gasteiger partial charge in [0.2, 0.25) is 0 Å². The number of anilines is 1. The van der Waals surface area contributed by atoms with E-state index >= 15 is 0 Å². The van der Waals surface area contributed by atoms with Gasteiger partial charge < -0.3 is 10.1 Å². The number of nitrogens with zero attached hydrogens (tertiary/aromatic N) is 3. The third-order valence-corrected chi connectivity index (χ3v) is 4.82. The average molecular weight is 426 g/mol. The van der Waals surface area contributed by atoms with Gasteiger partial charge in [-0.1, -0.05) is 18.2 Å². The summed E-state index contributed by atoms with van der Waals surface area (Å²) in [5.41, 5.74) is 3.66. The zero-order chi connectivity index (χ0) is 22.2. The van der Waals surface area contributed by atoms with Gasteiger partial charge in [-0.25, -0.2) is 4.98 Å². The molecule has 9 heteroatoms. The van der Waals surface area contributed by atoms with E-state index in [9.17, 15) is 18.0 Å². The molecule has 0 unspecified atom stereocenters. The average Bonchev–Trinajstić information content (AvgIpc) is 3.06. The fourth-order valence-corrected chi connectivity index (χ4v) is 3.19. The van der Waals surface area contributed by atoms with Gasteiger partial charge in [-0.3, -0.25) is 9.48 Å². The second kappa shape index (κ2) is 7.75. The lowest BCUT2D eigenvalue weighted by molar-refractivity contribution is -0.274. The lowest BCUT2D eigenvalue weighted by atomic mass is 10.0. The van der Waals surface area contributed by atoms with Crippen LogP contribution in [0.4, 0.5) is 18.9 Å². The molecule has 0 aliphatic heterocycles. The SMILES string of the molecule is Cc1c(-c2cc(C(=O)Nc3ccc(OC(F)(F)F)cc3)c3ccccc3n2)cnn1C. The molecule has 0 spiro atoms. The minimum Gasteiger partial charge on any atom is -0.406 e. The Labute approximate surface area is 175 Å². The monoisotopic (exact) mass is 426 g/mol. The number of hydrogen-bond donors (Lipinski definition) is 1. The maximum absolute atomic E-state index is 13.0. The van der Waals surface area contributed by atoms with Crippen molar-refractivity contribution in [3.63, 3.8) is 0 Å². The number of carbonyl (C=O) groups is 1. The van der Waals surface area contributed by atoms with E-state index < -0.39 is 12.3 Å². The normalized spacial score (nSPS) is 11.5. The van der Waals surface area contributed by atoms with Crippen molar-refractivity contribution in [2.24, 2.45) is 7.05 Å². The van der Waals surface area contributed by atoms with Gasteiger partial charge in [-0.15, -0.1) is 13.2 Å². The molecule has 4 rings (SSSR count). The molecule has 0 radical (unpaired) electrons. The molecule has 0 aliphatic rings. The highest BCUT2D eigenvalue weighted by Crippen LogP contribution is 2.28. The van der Waals surface area contributed by atoms with Crippen LogP contribution in [0.1, 0.15) is 16.1 Å². The standard InChI is InChI=1S/C22H17F3N4O2/c1-13-18(12-26-29(13)2)20-11-17(16-5-3-4-6-19(16)28-20)21(30)27-14-7-9-15(10-8-14)31-22(23,24)25/h3-12H,1-2H3,(H,27,30). The number of benzene rings is 2. The number of para-hydroxylation sites is 1. The Morgan fingerprint density at radius 1 is 1.10 bits per heavy atom. The first-order valence-corrected chi connectivity index (χ1v) is 9.27. The molecule has 2 aromatic carbocycles. The van der Waals surface area contributed by atoms with Crippen molar-refractivity contribution in [3.05, 3.63) is 72.1 Å². The van der Waals surface area contributed by atoms with Crippen molar-refractivity contribution in [2.45, 2.75) is 13.3 Å². The van der Waals surface area contributed by atoms with E-state index in [1.165, 1.54) is 12.1 Å². The topological polar surface area (TPSA) is 69.0 Å². The van der Waals surface area contributed by atoms with Crippen molar-refractivity contribution in [2.75, 3.05) is 5.32 Å². The number of aromatic nitrogens is 3. The molecule has 0 saturated heterocycles. The molecular weight excluding hydrogens is 409 g/mol. The van der Waals surface area contributed by atoms with E-state index in [1.807, 2.05) is 26.1 Å². The predicted octanol–water partition coefficient (Wildman–Crippen LogP) is 5.09. The minimum atomic E-state index is -4.78. The highest BCUT2D eigenvalue weighted by molar-refractivity contribution is 6.13. The Morgan fingerprint density at radius 3 is 2.45 bits per heavy atom. The Morgan fingerprint density at radius 2 is 1.81 bits per heavy atom. The lowest BCUT2D eigenvalue weighted by Crippen LogP contribution is -2.17. The van der Waals surface area contributed by atoms with E-state index in [1.54, 1.807) is 29.1 Å². The predicted molar refractivity (Wildman–Crippen MR) is 110 cm³/mol. The number of nitrogens with one attached hydrogen (secondary N) is 1. The molecular formula is C22H17F3N4O2. The van der Waals surface area contributed by atoms with Gasteiger partial charge in [-0.05, 0) is 43.3 Å². The van der Waals surface area contributed by atoms with Crippen LogP contribution in [0.5, 0.6) is 5.75 Å². The second-order valence-corrected chi connectivity index (χ2v) is 6.87. The minimum absolute atomic E-state index is 0.333. The summed E-state index contributed by atoms with van der Waals surface area (Å²) >= 11 is 0. The fraction of sp³-hybridized carbons (Fsp3) is 0.136. The van der Waals surface area contributed by atoms with Gasteiger partial charge in [0.05, 0.1) is 23.0 Å². The van der Waals surface area contributed by atoms with Crippen LogP contribution in [0.2, 0.25) is 0 Å². The van der Waals surface area contributed by atoms with Crippen LogP contribution in [0.25, 0.3) is 22.2 Å². The van der Waals surface area contributed by atoms with Gasteiger partial charge in [-0.2, -0.15) is 5.10 Å². The molecule has 2 heterocycles. The highest BCUT2D eigenvalue weighted by atomic mass is 19.4. The number of carbonyl (C=O) groups excluding carboxylic acids is 1. The number of aryl methyl sites for hydroxylation is 1. The molecule has 0 atom stereocenters. The number of alkyl halides is 3. The molecule has 0 bridgehead atoms. The van der Waals surface area contributed by atoms with E-state index in [0.29, 0.717) is 27.8 Å². The van der Waals surface area contributed by atoms with E-state index in [2.05, 4.69) is 20.1 Å². The molecule has 4 aromatic rings. The van der Waals surface area contributed by atoms with Crippen molar-refractivity contribution < 1.29 is 22.7 Å². The third kappa shape index (κ3) is 4.35. The van der Waals surface area contributed by atoms with E-state index in [0.717, 1.165) is 23.4 Å². The number of hydrogen-bond acceptors (Lipinski definition) is 4. The summed E-state index contributed by atoms with van der Waals surface area (Å²) in [5.74, 6) is -0.778. The van der Waals surface area contributed by atoms with Crippen LogP contribution in [-0.2, 0) is 7.05 Å². The Kier molecular flexibility index (Phi) is 5.10. The van der Waals surface area contributed by atoms with E-state index in [-0.39, 0.29) is 5.75 Å². The van der Waals surface area contributed by atoms with Gasteiger partial charge in [0.1, 0.15) is 5.75 Å². The smallest absolute Gasteiger partial charge is 0.406 e. The summed E-state index contributed by atoms with van der Waals surface area (Å²) < 4.78 is 42.5. The van der Waals surface area contributed by atoms with Crippen molar-refractivity contribution in [1.29, 1.82) is 0 Å². The molecule has 158 valence electrons. The number of rotatable bonds is 4. The van der Waals surface area contributed by atoms with Gasteiger partial charge in [0.25, 0.3) is 5.91 Å². The number of pyridine rings is 1. The van der Waals surface area contributed by atoms with Gasteiger partial charge in [0, 0.05) is 29.4 Å². The van der Waals surface area contributed by atoms with Gasteiger partial charge in [0.15, 0.2) is 0 Å². The van der Waals surface area contributed by atoms with Crippen LogP contribution in [0.3, 0.4) is 0 Å². The Bertz CT molecular complexity index is 1260. The van der Waals surface area contributed by atoms with Crippen molar-refractivity contribution in [3.8, 4) is 17.0 Å². The Balaban J connectivity index is 1.68. The first kappa shape index (κ1) is 20.4. The van der Waals surface area contributed by atoms with Crippen LogP contribution < -0.4 is 10.1 Å². The molecule has 0 saturated carbocycles. The Hall–Kier alpha value is -3.88. The number of fused-ring (bicyclic) bond motifs is 1. The van der Waals surface area contributed by atoms with Crippen LogP contribution in [0.15, 0.2) is 60.8 Å². The van der Waals surface area contributed by atoms with Crippen LogP contribution in [0, 0.1) is 6.92 Å². The van der Waals surface area contributed by atoms with E-state index in [4.69, 9.17) is 0 Å². The second-order valence-electron chi connectivity index (χ2n) is 6.87. The molecule has 31 heavy (non-hydrogen) atoms. The quantitative estimate of drug-likeness (QED) is 0.493. The lowest BCUT2D eigenvalue weighted by Gasteiger charge is -2.12. The number of ether oxygens (including phenoxy) is 1. The highest BCUT2D eigenvalue weighted by Gasteiger charge is 2.31. The summed E-state index contributed by atoms with van der Waals surface area (Å²) in [6, 6.07) is 13.9. The van der Waals surface area contributed by atoms with Crippen molar-refractivity contribution >= 4 is 22.5 Å². The number of amides is 1. The largest absolute Gasteiger partial charge is 0.573 e. The first-order chi connectivity index (χ1) is 14.7. The molecule has 6 nitrogen and oxygen atoms in total. The van der Waals surface area contributed by atoms with Crippen LogP contribution >= 0.6 is 0 Å². The molecule has 1 amide bonds. The summed E-state index contributed by atoms with van der Waals surface area (Å²) in [4.78, 5) is 17.7. The fourth-order valence-electron chi connectivity index (χ4n) is 3.19. The van der Waals surface area contributed by atoms with Crippen LogP contribution in [-0.4, -0.2) is 27.0 Å². The summed E-state index contributed by atoms with van der Waals surface area (Å²) in [5, 5.41) is 7.60. The number of halogens is 3. The summed E-state index contributed by atoms with van der Waals surface area (Å²) in [7, 11) is 1.82. The zero-order valence-electron chi connectivity index (χ0n) is 16.6. The van der Waals surface area contributed by atoms with Gasteiger partial charge >= 0.3 is 6.36 Å². The maximum atomic E-state index is 13.0. The van der Waals surface area contributed by atoms with Crippen molar-refractivity contribution in [1.82, 2.24) is 14.8 Å². The third-order valence-electron chi connectivity index (χ3n) is 4.82. The molecule has 1 N–H and O–H groups in total.